The Kier molecular flexibility index (Phi) is 8.44. The highest BCUT2D eigenvalue weighted by atomic mass is 35.5. The first kappa shape index (κ1) is 21.4. The van der Waals surface area contributed by atoms with Gasteiger partial charge in [0, 0.05) is 23.5 Å². The number of aryl methyl sites for hydroxylation is 1. The Bertz CT molecular complexity index is 719. The summed E-state index contributed by atoms with van der Waals surface area (Å²) in [5.41, 5.74) is 1.18. The Balaban J connectivity index is 1.59. The molecular formula is C22H36ClN5. The molecule has 0 aliphatic carbocycles. The number of piperidine rings is 1. The predicted octanol–water partition coefficient (Wildman–Crippen LogP) is 4.71. The van der Waals surface area contributed by atoms with Crippen LogP contribution in [-0.4, -0.2) is 65.4 Å². The van der Waals surface area contributed by atoms with Crippen LogP contribution in [0, 0.1) is 0 Å². The minimum absolute atomic E-state index is 0.770. The van der Waals surface area contributed by atoms with Gasteiger partial charge in [-0.1, -0.05) is 31.9 Å². The summed E-state index contributed by atoms with van der Waals surface area (Å²) in [6.07, 6.45) is 6.35. The number of aromatic nitrogens is 2. The Morgan fingerprint density at radius 2 is 1.86 bits per heavy atom. The number of likely N-dealkylation sites (tertiary alicyclic amines) is 1. The molecule has 0 radical (unpaired) electrons. The number of benzene rings is 1. The monoisotopic (exact) mass is 405 g/mol. The summed E-state index contributed by atoms with van der Waals surface area (Å²) in [5, 5.41) is 10.3. The summed E-state index contributed by atoms with van der Waals surface area (Å²) >= 11 is 6.27. The van der Waals surface area contributed by atoms with Gasteiger partial charge < -0.3 is 15.1 Å². The van der Waals surface area contributed by atoms with Crippen LogP contribution in [0.2, 0.25) is 5.02 Å². The fourth-order valence-electron chi connectivity index (χ4n) is 4.13. The van der Waals surface area contributed by atoms with Crippen molar-refractivity contribution < 1.29 is 0 Å². The zero-order valence-electron chi connectivity index (χ0n) is 17.6. The third kappa shape index (κ3) is 5.85. The topological polar surface area (TPSA) is 36.3 Å². The van der Waals surface area contributed by atoms with Crippen molar-refractivity contribution in [1.82, 2.24) is 19.6 Å². The molecule has 0 amide bonds. The molecule has 28 heavy (non-hydrogen) atoms. The van der Waals surface area contributed by atoms with Gasteiger partial charge >= 0.3 is 0 Å². The van der Waals surface area contributed by atoms with Crippen LogP contribution in [0.5, 0.6) is 0 Å². The number of anilines is 1. The minimum Gasteiger partial charge on any atom is -0.368 e. The fraction of sp³-hybridized carbons (Fsp3) is 0.682. The van der Waals surface area contributed by atoms with Gasteiger partial charge in [0.1, 0.15) is 0 Å². The molecular weight excluding hydrogens is 370 g/mol. The highest BCUT2D eigenvalue weighted by molar-refractivity contribution is 6.31. The third-order valence-corrected chi connectivity index (χ3v) is 6.08. The van der Waals surface area contributed by atoms with E-state index in [9.17, 15) is 0 Å². The smallest absolute Gasteiger partial charge is 0.156 e. The van der Waals surface area contributed by atoms with Gasteiger partial charge in [-0.15, -0.1) is 0 Å². The third-order valence-electron chi connectivity index (χ3n) is 5.84. The second kappa shape index (κ2) is 11.0. The SMILES string of the molecule is CCN(CC)CCCNc1nn(CCCN2CCCCC2)c2ccc(Cl)cc12. The van der Waals surface area contributed by atoms with Crippen LogP contribution in [0.15, 0.2) is 18.2 Å². The first-order valence-corrected chi connectivity index (χ1v) is 11.4. The standard InChI is InChI=1S/C22H36ClN5/c1-3-26(4-2)15-8-12-24-22-20-18-19(23)10-11-21(20)28(25-22)17-9-16-27-13-6-5-7-14-27/h10-11,18H,3-9,12-17H2,1-2H3,(H,24,25). The van der Waals surface area contributed by atoms with Gasteiger partial charge in [0.2, 0.25) is 0 Å². The Hall–Kier alpha value is -1.30. The second-order valence-electron chi connectivity index (χ2n) is 7.80. The van der Waals surface area contributed by atoms with E-state index in [0.717, 1.165) is 61.8 Å². The predicted molar refractivity (Wildman–Crippen MR) is 121 cm³/mol. The Morgan fingerprint density at radius 1 is 1.07 bits per heavy atom. The normalized spacial score (nSPS) is 15.6. The molecule has 1 saturated heterocycles. The van der Waals surface area contributed by atoms with Crippen LogP contribution in [0.1, 0.15) is 46.0 Å². The van der Waals surface area contributed by atoms with Crippen LogP contribution in [-0.2, 0) is 6.54 Å². The van der Waals surface area contributed by atoms with Gasteiger partial charge in [0.25, 0.3) is 0 Å². The molecule has 0 unspecified atom stereocenters. The molecule has 0 saturated carbocycles. The molecule has 1 aromatic heterocycles. The maximum absolute atomic E-state index is 6.27. The van der Waals surface area contributed by atoms with Gasteiger partial charge in [-0.05, 0) is 83.2 Å². The van der Waals surface area contributed by atoms with Crippen LogP contribution in [0.3, 0.4) is 0 Å². The summed E-state index contributed by atoms with van der Waals surface area (Å²) in [6, 6.07) is 6.11. The largest absolute Gasteiger partial charge is 0.368 e. The first-order chi connectivity index (χ1) is 13.7. The van der Waals surface area contributed by atoms with Crippen molar-refractivity contribution in [3.05, 3.63) is 23.2 Å². The number of hydrogen-bond acceptors (Lipinski definition) is 4. The molecule has 1 aliphatic heterocycles. The molecule has 1 N–H and O–H groups in total. The quantitative estimate of drug-likeness (QED) is 0.549. The van der Waals surface area contributed by atoms with Gasteiger partial charge in [-0.3, -0.25) is 4.68 Å². The minimum atomic E-state index is 0.770. The molecule has 1 aromatic carbocycles. The average molecular weight is 406 g/mol. The molecule has 0 spiro atoms. The molecule has 2 aromatic rings. The van der Waals surface area contributed by atoms with Crippen molar-refractivity contribution in [2.75, 3.05) is 51.1 Å². The number of hydrogen-bond donors (Lipinski definition) is 1. The molecule has 6 heteroatoms. The van der Waals surface area contributed by atoms with E-state index in [4.69, 9.17) is 16.7 Å². The lowest BCUT2D eigenvalue weighted by Crippen LogP contribution is -2.31. The van der Waals surface area contributed by atoms with Crippen molar-refractivity contribution in [3.63, 3.8) is 0 Å². The molecule has 0 atom stereocenters. The van der Waals surface area contributed by atoms with E-state index in [1.165, 1.54) is 44.4 Å². The molecule has 1 aliphatic rings. The maximum atomic E-state index is 6.27. The maximum Gasteiger partial charge on any atom is 0.156 e. The number of nitrogens with zero attached hydrogens (tertiary/aromatic N) is 4. The van der Waals surface area contributed by atoms with E-state index < -0.39 is 0 Å². The van der Waals surface area contributed by atoms with Crippen LogP contribution in [0.4, 0.5) is 5.82 Å². The number of nitrogens with one attached hydrogen (secondary N) is 1. The molecule has 156 valence electrons. The number of halogens is 1. The van der Waals surface area contributed by atoms with Gasteiger partial charge in [0.05, 0.1) is 5.52 Å². The van der Waals surface area contributed by atoms with E-state index >= 15 is 0 Å². The summed E-state index contributed by atoms with van der Waals surface area (Å²) in [4.78, 5) is 5.05. The Morgan fingerprint density at radius 3 is 2.61 bits per heavy atom. The van der Waals surface area contributed by atoms with E-state index in [1.54, 1.807) is 0 Å². The van der Waals surface area contributed by atoms with E-state index in [2.05, 4.69) is 39.7 Å². The summed E-state index contributed by atoms with van der Waals surface area (Å²) in [7, 11) is 0. The van der Waals surface area contributed by atoms with E-state index in [1.807, 2.05) is 12.1 Å². The second-order valence-corrected chi connectivity index (χ2v) is 8.23. The molecule has 5 nitrogen and oxygen atoms in total. The zero-order chi connectivity index (χ0) is 19.8. The highest BCUT2D eigenvalue weighted by Crippen LogP contribution is 2.26. The lowest BCUT2D eigenvalue weighted by molar-refractivity contribution is 0.222. The summed E-state index contributed by atoms with van der Waals surface area (Å²) < 4.78 is 2.16. The van der Waals surface area contributed by atoms with E-state index in [0.29, 0.717) is 0 Å². The van der Waals surface area contributed by atoms with Crippen LogP contribution in [0.25, 0.3) is 10.9 Å². The summed E-state index contributed by atoms with van der Waals surface area (Å²) in [6.45, 7) is 13.4. The lowest BCUT2D eigenvalue weighted by Gasteiger charge is -2.26. The number of fused-ring (bicyclic) bond motifs is 1. The van der Waals surface area contributed by atoms with Gasteiger partial charge in [-0.25, -0.2) is 0 Å². The van der Waals surface area contributed by atoms with Crippen molar-refractivity contribution in [1.29, 1.82) is 0 Å². The van der Waals surface area contributed by atoms with E-state index in [-0.39, 0.29) is 0 Å². The van der Waals surface area contributed by atoms with Crippen molar-refractivity contribution in [2.45, 2.75) is 52.5 Å². The van der Waals surface area contributed by atoms with Gasteiger partial charge in [-0.2, -0.15) is 5.10 Å². The van der Waals surface area contributed by atoms with Gasteiger partial charge in [0.15, 0.2) is 5.82 Å². The highest BCUT2D eigenvalue weighted by Gasteiger charge is 2.13. The van der Waals surface area contributed by atoms with Crippen LogP contribution >= 0.6 is 11.6 Å². The molecule has 2 heterocycles. The fourth-order valence-corrected chi connectivity index (χ4v) is 4.30. The molecule has 1 fully saturated rings. The first-order valence-electron chi connectivity index (χ1n) is 11.1. The lowest BCUT2D eigenvalue weighted by atomic mass is 10.1. The summed E-state index contributed by atoms with van der Waals surface area (Å²) in [5.74, 6) is 0.968. The Labute approximate surface area is 175 Å². The zero-order valence-corrected chi connectivity index (χ0v) is 18.3. The van der Waals surface area contributed by atoms with Crippen LogP contribution < -0.4 is 5.32 Å². The van der Waals surface area contributed by atoms with Crippen molar-refractivity contribution in [3.8, 4) is 0 Å². The number of rotatable bonds is 11. The molecule has 0 bridgehead atoms. The van der Waals surface area contributed by atoms with Crippen molar-refractivity contribution in [2.24, 2.45) is 0 Å². The molecule has 3 rings (SSSR count). The van der Waals surface area contributed by atoms with Crippen molar-refractivity contribution >= 4 is 28.3 Å². The average Bonchev–Trinajstić information content (AvgIpc) is 3.06.